The molecular formula is C15H18ClFN4O2. The zero-order valence-corrected chi connectivity index (χ0v) is 13.4. The van der Waals surface area contributed by atoms with Crippen molar-refractivity contribution in [2.24, 2.45) is 0 Å². The molecule has 0 aliphatic heterocycles. The molecule has 2 aromatic rings. The second kappa shape index (κ2) is 8.03. The lowest BCUT2D eigenvalue weighted by Gasteiger charge is -2.12. The first kappa shape index (κ1) is 17.4. The molecule has 0 saturated heterocycles. The molecule has 0 radical (unpaired) electrons. The number of benzene rings is 1. The Hall–Kier alpha value is -1.99. The molecule has 2 N–H and O–H groups in total. The molecule has 1 heterocycles. The molecule has 124 valence electrons. The molecule has 23 heavy (non-hydrogen) atoms. The Morgan fingerprint density at radius 1 is 1.52 bits per heavy atom. The molecule has 8 heteroatoms. The second-order valence-electron chi connectivity index (χ2n) is 5.17. The van der Waals surface area contributed by atoms with Crippen molar-refractivity contribution in [2.45, 2.75) is 38.8 Å². The van der Waals surface area contributed by atoms with E-state index in [1.54, 1.807) is 6.20 Å². The Bertz CT molecular complexity index is 677. The first-order chi connectivity index (χ1) is 11.0. The third kappa shape index (κ3) is 4.74. The van der Waals surface area contributed by atoms with Crippen LogP contribution in [0.15, 0.2) is 24.4 Å². The van der Waals surface area contributed by atoms with Crippen LogP contribution < -0.4 is 5.32 Å². The maximum atomic E-state index is 13.2. The van der Waals surface area contributed by atoms with E-state index in [-0.39, 0.29) is 11.6 Å². The summed E-state index contributed by atoms with van der Waals surface area (Å²) in [6.45, 7) is 2.30. The SMILES string of the molecule is CCCC[C@H](NCc1cn(-c2ccc(F)c(Cl)c2)nn1)C(=O)O. The van der Waals surface area contributed by atoms with Crippen LogP contribution in [-0.4, -0.2) is 32.1 Å². The minimum atomic E-state index is -0.879. The lowest BCUT2D eigenvalue weighted by atomic mass is 10.1. The third-order valence-corrected chi connectivity index (χ3v) is 3.67. The summed E-state index contributed by atoms with van der Waals surface area (Å²) in [6.07, 6.45) is 3.99. The first-order valence-electron chi connectivity index (χ1n) is 7.34. The Morgan fingerprint density at radius 2 is 2.30 bits per heavy atom. The number of aliphatic carboxylic acids is 1. The highest BCUT2D eigenvalue weighted by Gasteiger charge is 2.16. The molecular weight excluding hydrogens is 323 g/mol. The molecule has 0 bridgehead atoms. The van der Waals surface area contributed by atoms with E-state index in [9.17, 15) is 9.18 Å². The maximum absolute atomic E-state index is 13.2. The number of hydrogen-bond donors (Lipinski definition) is 2. The number of rotatable bonds is 8. The molecule has 1 aromatic carbocycles. The van der Waals surface area contributed by atoms with Crippen molar-refractivity contribution in [1.29, 1.82) is 0 Å². The number of carboxylic acid groups (broad SMARTS) is 1. The topological polar surface area (TPSA) is 80.0 Å². The van der Waals surface area contributed by atoms with E-state index in [0.717, 1.165) is 12.8 Å². The normalized spacial score (nSPS) is 12.3. The zero-order valence-electron chi connectivity index (χ0n) is 12.7. The van der Waals surface area contributed by atoms with E-state index >= 15 is 0 Å². The fraction of sp³-hybridized carbons (Fsp3) is 0.400. The Morgan fingerprint density at radius 3 is 2.96 bits per heavy atom. The van der Waals surface area contributed by atoms with Crippen LogP contribution in [0.5, 0.6) is 0 Å². The summed E-state index contributed by atoms with van der Waals surface area (Å²) in [4.78, 5) is 11.2. The summed E-state index contributed by atoms with van der Waals surface area (Å²) in [5.74, 6) is -1.38. The summed E-state index contributed by atoms with van der Waals surface area (Å²) in [6, 6.07) is 3.63. The Balaban J connectivity index is 2.01. The largest absolute Gasteiger partial charge is 0.480 e. The van der Waals surface area contributed by atoms with Crippen molar-refractivity contribution < 1.29 is 14.3 Å². The van der Waals surface area contributed by atoms with Gasteiger partial charge in [0.15, 0.2) is 0 Å². The van der Waals surface area contributed by atoms with Crippen LogP contribution in [0.1, 0.15) is 31.9 Å². The molecule has 6 nitrogen and oxygen atoms in total. The molecule has 1 aromatic heterocycles. The fourth-order valence-electron chi connectivity index (χ4n) is 2.08. The van der Waals surface area contributed by atoms with Gasteiger partial charge in [-0.25, -0.2) is 9.07 Å². The van der Waals surface area contributed by atoms with Crippen molar-refractivity contribution >= 4 is 17.6 Å². The van der Waals surface area contributed by atoms with E-state index in [0.29, 0.717) is 17.8 Å². The van der Waals surface area contributed by atoms with E-state index in [4.69, 9.17) is 16.7 Å². The van der Waals surface area contributed by atoms with Gasteiger partial charge < -0.3 is 5.11 Å². The number of carboxylic acids is 1. The molecule has 0 saturated carbocycles. The standard InChI is InChI=1S/C15H18ClFN4O2/c1-2-3-4-14(15(22)23)18-8-10-9-21(20-19-10)11-5-6-13(17)12(16)7-11/h5-7,9,14,18H,2-4,8H2,1H3,(H,22,23)/t14-/m0/s1. The highest BCUT2D eigenvalue weighted by molar-refractivity contribution is 6.30. The number of hydrogen-bond acceptors (Lipinski definition) is 4. The van der Waals surface area contributed by atoms with Crippen molar-refractivity contribution in [1.82, 2.24) is 20.3 Å². The van der Waals surface area contributed by atoms with Gasteiger partial charge in [0.05, 0.1) is 22.6 Å². The lowest BCUT2D eigenvalue weighted by Crippen LogP contribution is -2.36. The third-order valence-electron chi connectivity index (χ3n) is 3.38. The van der Waals surface area contributed by atoms with Crippen LogP contribution in [0.25, 0.3) is 5.69 Å². The van der Waals surface area contributed by atoms with Gasteiger partial charge in [-0.15, -0.1) is 5.10 Å². The number of nitrogens with zero attached hydrogens (tertiary/aromatic N) is 3. The summed E-state index contributed by atoms with van der Waals surface area (Å²) < 4.78 is 14.6. The molecule has 0 spiro atoms. The van der Waals surface area contributed by atoms with Crippen molar-refractivity contribution in [3.05, 3.63) is 40.9 Å². The van der Waals surface area contributed by atoms with Crippen molar-refractivity contribution in [2.75, 3.05) is 0 Å². The van der Waals surface area contributed by atoms with Gasteiger partial charge in [-0.3, -0.25) is 10.1 Å². The predicted molar refractivity (Wildman–Crippen MR) is 84.1 cm³/mol. The summed E-state index contributed by atoms with van der Waals surface area (Å²) in [7, 11) is 0. The number of unbranched alkanes of at least 4 members (excludes halogenated alkanes) is 1. The molecule has 0 fully saturated rings. The number of nitrogens with one attached hydrogen (secondary N) is 1. The van der Waals surface area contributed by atoms with Crippen LogP contribution in [0.2, 0.25) is 5.02 Å². The van der Waals surface area contributed by atoms with Gasteiger partial charge >= 0.3 is 5.97 Å². The van der Waals surface area contributed by atoms with Gasteiger partial charge in [0.2, 0.25) is 0 Å². The molecule has 0 aliphatic carbocycles. The van der Waals surface area contributed by atoms with Crippen molar-refractivity contribution in [3.8, 4) is 5.69 Å². The fourth-order valence-corrected chi connectivity index (χ4v) is 2.26. The van der Waals surface area contributed by atoms with Crippen LogP contribution in [0.3, 0.4) is 0 Å². The molecule has 2 rings (SSSR count). The quantitative estimate of drug-likeness (QED) is 0.772. The maximum Gasteiger partial charge on any atom is 0.320 e. The van der Waals surface area contributed by atoms with Gasteiger partial charge in [0.1, 0.15) is 11.9 Å². The minimum Gasteiger partial charge on any atom is -0.480 e. The van der Waals surface area contributed by atoms with Crippen molar-refractivity contribution in [3.63, 3.8) is 0 Å². The molecule has 0 unspecified atom stereocenters. The van der Waals surface area contributed by atoms with Crippen LogP contribution in [-0.2, 0) is 11.3 Å². The second-order valence-corrected chi connectivity index (χ2v) is 5.57. The minimum absolute atomic E-state index is 0.00295. The summed E-state index contributed by atoms with van der Waals surface area (Å²) in [5, 5.41) is 20.0. The Labute approximate surface area is 138 Å². The van der Waals surface area contributed by atoms with Crippen LogP contribution >= 0.6 is 11.6 Å². The van der Waals surface area contributed by atoms with E-state index in [2.05, 4.69) is 15.6 Å². The van der Waals surface area contributed by atoms with Gasteiger partial charge in [0, 0.05) is 6.54 Å². The van der Waals surface area contributed by atoms with Gasteiger partial charge in [0.25, 0.3) is 0 Å². The van der Waals surface area contributed by atoms with Crippen LogP contribution in [0, 0.1) is 5.82 Å². The monoisotopic (exact) mass is 340 g/mol. The number of halogens is 2. The smallest absolute Gasteiger partial charge is 0.320 e. The van der Waals surface area contributed by atoms with Gasteiger partial charge in [-0.2, -0.15) is 0 Å². The van der Waals surface area contributed by atoms with Gasteiger partial charge in [-0.05, 0) is 24.6 Å². The van der Waals surface area contributed by atoms with Crippen LogP contribution in [0.4, 0.5) is 4.39 Å². The molecule has 0 aliphatic rings. The first-order valence-corrected chi connectivity index (χ1v) is 7.72. The summed E-state index contributed by atoms with van der Waals surface area (Å²) in [5.41, 5.74) is 1.17. The number of aromatic nitrogens is 3. The highest BCUT2D eigenvalue weighted by atomic mass is 35.5. The molecule has 1 atom stereocenters. The Kier molecular flexibility index (Phi) is 6.06. The average molecular weight is 341 g/mol. The summed E-state index contributed by atoms with van der Waals surface area (Å²) >= 11 is 5.74. The highest BCUT2D eigenvalue weighted by Crippen LogP contribution is 2.18. The van der Waals surface area contributed by atoms with E-state index < -0.39 is 17.8 Å². The van der Waals surface area contributed by atoms with Gasteiger partial charge in [-0.1, -0.05) is 36.6 Å². The van der Waals surface area contributed by atoms with E-state index in [1.165, 1.54) is 22.9 Å². The predicted octanol–water partition coefficient (Wildman–Crippen LogP) is 2.79. The van der Waals surface area contributed by atoms with E-state index in [1.807, 2.05) is 6.92 Å². The zero-order chi connectivity index (χ0) is 16.8. The average Bonchev–Trinajstić information content (AvgIpc) is 2.98. The molecule has 0 amide bonds. The lowest BCUT2D eigenvalue weighted by molar-refractivity contribution is -0.139. The number of carbonyl (C=O) groups is 1.